The molecule has 2 heterocycles. The Bertz CT molecular complexity index is 2530. The highest BCUT2D eigenvalue weighted by molar-refractivity contribution is 6.11. The molecule has 3 heteroatoms. The van der Waals surface area contributed by atoms with Crippen molar-refractivity contribution in [2.75, 3.05) is 4.90 Å². The molecule has 238 valence electrons. The van der Waals surface area contributed by atoms with E-state index < -0.39 is 0 Å². The van der Waals surface area contributed by atoms with Crippen molar-refractivity contribution in [1.29, 1.82) is 0 Å². The molecular weight excluding hydrogens is 597 g/mol. The molecule has 0 bridgehead atoms. The molecule has 9 rings (SSSR count). The number of rotatable bonds is 6. The predicted octanol–water partition coefficient (Wildman–Crippen LogP) is 12.2. The quantitative estimate of drug-likeness (QED) is 0.170. The third kappa shape index (κ3) is 4.44. The van der Waals surface area contributed by atoms with Crippen molar-refractivity contribution < 1.29 is 4.42 Å². The molecule has 0 radical (unpaired) electrons. The molecule has 49 heavy (non-hydrogen) atoms. The molecule has 2 unspecified atom stereocenters. The van der Waals surface area contributed by atoms with Gasteiger partial charge in [0.05, 0.1) is 28.1 Å². The van der Waals surface area contributed by atoms with Gasteiger partial charge in [0.15, 0.2) is 0 Å². The van der Waals surface area contributed by atoms with E-state index in [1.54, 1.807) is 0 Å². The van der Waals surface area contributed by atoms with E-state index in [2.05, 4.69) is 145 Å². The molecule has 0 N–H and O–H groups in total. The summed E-state index contributed by atoms with van der Waals surface area (Å²) in [7, 11) is 0. The highest BCUT2D eigenvalue weighted by atomic mass is 16.3. The van der Waals surface area contributed by atoms with Gasteiger partial charge in [-0.05, 0) is 96.3 Å². The van der Waals surface area contributed by atoms with Gasteiger partial charge in [-0.3, -0.25) is 0 Å². The summed E-state index contributed by atoms with van der Waals surface area (Å²) in [5.74, 6) is 0.494. The maximum atomic E-state index is 6.43. The van der Waals surface area contributed by atoms with Gasteiger partial charge in [0.25, 0.3) is 0 Å². The first-order chi connectivity index (χ1) is 24.0. The number of anilines is 2. The highest BCUT2D eigenvalue weighted by Gasteiger charge is 2.45. The Hall–Kier alpha value is -5.72. The van der Waals surface area contributed by atoms with Crippen LogP contribution in [-0.2, 0) is 5.41 Å². The van der Waals surface area contributed by atoms with Crippen molar-refractivity contribution in [3.8, 4) is 0 Å². The second-order valence-electron chi connectivity index (χ2n) is 13.9. The van der Waals surface area contributed by atoms with Crippen molar-refractivity contribution in [1.82, 2.24) is 4.57 Å². The van der Waals surface area contributed by atoms with Gasteiger partial charge in [-0.15, -0.1) is 0 Å². The number of nitrogens with zero attached hydrogens (tertiary/aromatic N) is 2. The molecule has 2 atom stereocenters. The van der Waals surface area contributed by atoms with Crippen LogP contribution in [0, 0.1) is 18.1 Å². The minimum absolute atomic E-state index is 0.103. The van der Waals surface area contributed by atoms with E-state index in [-0.39, 0.29) is 11.5 Å². The lowest BCUT2D eigenvalue weighted by atomic mass is 9.72. The number of benzene rings is 4. The molecule has 3 nitrogen and oxygen atoms in total. The lowest BCUT2D eigenvalue weighted by Crippen LogP contribution is -2.35. The van der Waals surface area contributed by atoms with Crippen molar-refractivity contribution in [2.45, 2.75) is 45.1 Å². The average molecular weight is 635 g/mol. The molecule has 5 aromatic carbocycles. The van der Waals surface area contributed by atoms with Gasteiger partial charge in [-0.1, -0.05) is 105 Å². The summed E-state index contributed by atoms with van der Waals surface area (Å²) < 4.78 is 8.74. The first kappa shape index (κ1) is 29.4. The first-order valence-corrected chi connectivity index (χ1v) is 17.3. The molecule has 0 saturated carbocycles. The van der Waals surface area contributed by atoms with Crippen molar-refractivity contribution >= 4 is 66.4 Å². The Kier molecular flexibility index (Phi) is 6.71. The van der Waals surface area contributed by atoms with E-state index in [4.69, 9.17) is 4.42 Å². The Labute approximate surface area is 287 Å². The average Bonchev–Trinajstić information content (AvgIpc) is 3.74. The standard InChI is InChI=1S/C46H38N2O/c1-5-7-14-30(6-2)48-42-19-12-9-16-35(42)36-24-21-32(28-43(36)48)47(33-22-25-38-37-17-10-13-20-44(37)49-45(38)29-33)31-23-26-41-39(27-31)34-15-8-11-18-40(34)46(41,3)4/h5-20,22,25,27-29,31,41H,2,23,26H2,1,3-4H3/b7-5-,30-14+. The summed E-state index contributed by atoms with van der Waals surface area (Å²) in [6.45, 7) is 11.1. The van der Waals surface area contributed by atoms with Crippen LogP contribution in [0.3, 0.4) is 0 Å². The van der Waals surface area contributed by atoms with Gasteiger partial charge in [-0.2, -0.15) is 0 Å². The molecule has 2 aliphatic rings. The molecule has 0 saturated heterocycles. The number of aromatic nitrogens is 1. The Morgan fingerprint density at radius 2 is 1.63 bits per heavy atom. The van der Waals surface area contributed by atoms with E-state index in [9.17, 15) is 0 Å². The maximum Gasteiger partial charge on any atom is 0.137 e. The van der Waals surface area contributed by atoms with Crippen molar-refractivity contribution in [2.24, 2.45) is 5.92 Å². The normalized spacial score (nSPS) is 18.6. The monoisotopic (exact) mass is 634 g/mol. The van der Waals surface area contributed by atoms with Crippen LogP contribution in [0.25, 0.3) is 55.0 Å². The molecule has 0 fully saturated rings. The molecule has 0 amide bonds. The van der Waals surface area contributed by atoms with Gasteiger partial charge in [0.1, 0.15) is 11.2 Å². The minimum Gasteiger partial charge on any atom is -0.456 e. The predicted molar refractivity (Wildman–Crippen MR) is 206 cm³/mol. The molecule has 0 spiro atoms. The second kappa shape index (κ2) is 11.2. The van der Waals surface area contributed by atoms with Crippen LogP contribution < -0.4 is 4.90 Å². The Morgan fingerprint density at radius 3 is 2.49 bits per heavy atom. The fourth-order valence-electron chi connectivity index (χ4n) is 8.64. The molecule has 2 aromatic heterocycles. The smallest absolute Gasteiger partial charge is 0.137 e. The van der Waals surface area contributed by atoms with E-state index in [1.807, 2.05) is 31.2 Å². The Morgan fingerprint density at radius 1 is 0.857 bits per heavy atom. The maximum absolute atomic E-state index is 6.43. The summed E-state index contributed by atoms with van der Waals surface area (Å²) in [5, 5.41) is 4.47. The molecule has 2 aliphatic carbocycles. The number of hydrogen-bond donors (Lipinski definition) is 0. The molecular formula is C46H38N2O. The number of furan rings is 1. The number of hydrogen-bond acceptors (Lipinski definition) is 2. The zero-order chi connectivity index (χ0) is 33.3. The van der Waals surface area contributed by atoms with Crippen LogP contribution in [0.5, 0.6) is 0 Å². The van der Waals surface area contributed by atoms with Gasteiger partial charge in [0.2, 0.25) is 0 Å². The zero-order valence-electron chi connectivity index (χ0n) is 28.2. The summed E-state index contributed by atoms with van der Waals surface area (Å²) >= 11 is 0. The van der Waals surface area contributed by atoms with E-state index in [0.29, 0.717) is 5.92 Å². The van der Waals surface area contributed by atoms with Crippen LogP contribution in [-0.4, -0.2) is 10.6 Å². The number of fused-ring (bicyclic) bond motifs is 9. The summed E-state index contributed by atoms with van der Waals surface area (Å²) in [5.41, 5.74) is 11.5. The molecule has 7 aromatic rings. The molecule has 0 aliphatic heterocycles. The zero-order valence-corrected chi connectivity index (χ0v) is 28.2. The number of para-hydroxylation sites is 2. The van der Waals surface area contributed by atoms with E-state index >= 15 is 0 Å². The number of allylic oxidation sites excluding steroid dienone is 6. The van der Waals surface area contributed by atoms with Crippen LogP contribution >= 0.6 is 0 Å². The van der Waals surface area contributed by atoms with Gasteiger partial charge < -0.3 is 13.9 Å². The van der Waals surface area contributed by atoms with Crippen LogP contribution in [0.15, 0.2) is 138 Å². The van der Waals surface area contributed by atoms with Gasteiger partial charge in [0, 0.05) is 33.6 Å². The third-order valence-corrected chi connectivity index (χ3v) is 11.0. The first-order valence-electron chi connectivity index (χ1n) is 17.3. The minimum atomic E-state index is 0.103. The van der Waals surface area contributed by atoms with Crippen molar-refractivity contribution in [3.63, 3.8) is 0 Å². The van der Waals surface area contributed by atoms with E-state index in [0.717, 1.165) is 73.7 Å². The summed E-state index contributed by atoms with van der Waals surface area (Å²) in [4.78, 5) is 2.46. The fourth-order valence-corrected chi connectivity index (χ4v) is 8.64. The Balaban J connectivity index is 1.28. The van der Waals surface area contributed by atoms with Crippen LogP contribution in [0.4, 0.5) is 11.4 Å². The van der Waals surface area contributed by atoms with Crippen LogP contribution in [0.1, 0.15) is 44.7 Å². The van der Waals surface area contributed by atoms with E-state index in [1.165, 1.54) is 16.7 Å². The van der Waals surface area contributed by atoms with Crippen molar-refractivity contribution in [3.05, 3.63) is 157 Å². The largest absolute Gasteiger partial charge is 0.456 e. The summed E-state index contributed by atoms with van der Waals surface area (Å²) in [6.07, 6.45) is 12.8. The van der Waals surface area contributed by atoms with Gasteiger partial charge >= 0.3 is 0 Å². The van der Waals surface area contributed by atoms with Crippen LogP contribution in [0.2, 0.25) is 0 Å². The van der Waals surface area contributed by atoms with Gasteiger partial charge in [-0.25, -0.2) is 0 Å². The lowest BCUT2D eigenvalue weighted by Gasteiger charge is -2.38. The SMILES string of the molecule is C=C/C(=C\C=C/C)n1c2cc(N(c3ccc4c(c3)oc3ccccc34)C3C=C4c5ccccc5C(C)(C)C4CC3)c#cc2c2ccccc21. The topological polar surface area (TPSA) is 21.3 Å². The highest BCUT2D eigenvalue weighted by Crippen LogP contribution is 2.54. The lowest BCUT2D eigenvalue weighted by molar-refractivity contribution is 0.367. The second-order valence-corrected chi connectivity index (χ2v) is 13.9. The fraction of sp³-hybridized carbons (Fsp3) is 0.174. The summed E-state index contributed by atoms with van der Waals surface area (Å²) in [6, 6.07) is 42.2. The third-order valence-electron chi connectivity index (χ3n) is 11.0.